The van der Waals surface area contributed by atoms with E-state index in [0.717, 1.165) is 72.1 Å². The molecule has 1 unspecified atom stereocenters. The fourth-order valence-electron chi connectivity index (χ4n) is 3.99. The van der Waals surface area contributed by atoms with Crippen molar-refractivity contribution in [3.63, 3.8) is 0 Å². The van der Waals surface area contributed by atoms with E-state index in [1.165, 1.54) is 0 Å². The third-order valence-corrected chi connectivity index (χ3v) is 5.57. The first-order chi connectivity index (χ1) is 14.8. The molecule has 1 aliphatic rings. The van der Waals surface area contributed by atoms with Crippen LogP contribution in [0.4, 0.5) is 0 Å². The van der Waals surface area contributed by atoms with Crippen LogP contribution in [0.2, 0.25) is 0 Å². The van der Waals surface area contributed by atoms with Gasteiger partial charge in [0.05, 0.1) is 29.4 Å². The molecular weight excluding hydrogens is 378 g/mol. The van der Waals surface area contributed by atoms with Crippen molar-refractivity contribution in [1.29, 1.82) is 0 Å². The van der Waals surface area contributed by atoms with E-state index in [0.29, 0.717) is 6.10 Å². The summed E-state index contributed by atoms with van der Waals surface area (Å²) in [6, 6.07) is 15.9. The van der Waals surface area contributed by atoms with E-state index < -0.39 is 0 Å². The number of aromatic amines is 2. The van der Waals surface area contributed by atoms with Crippen LogP contribution >= 0.6 is 0 Å². The zero-order valence-electron chi connectivity index (χ0n) is 17.0. The number of likely N-dealkylation sites (tertiary alicyclic amines) is 1. The third-order valence-electron chi connectivity index (χ3n) is 5.57. The first kappa shape index (κ1) is 18.8. The van der Waals surface area contributed by atoms with Crippen LogP contribution < -0.4 is 4.74 Å². The van der Waals surface area contributed by atoms with Crippen molar-refractivity contribution < 1.29 is 9.47 Å². The Morgan fingerprint density at radius 1 is 1.10 bits per heavy atom. The minimum Gasteiger partial charge on any atom is -0.457 e. The maximum Gasteiger partial charge on any atom is 0.129 e. The van der Waals surface area contributed by atoms with Crippen LogP contribution in [0.3, 0.4) is 0 Å². The number of rotatable bonds is 6. The second kappa shape index (κ2) is 8.30. The summed E-state index contributed by atoms with van der Waals surface area (Å²) in [6.07, 6.45) is 4.36. The Balaban J connectivity index is 1.28. The molecule has 0 bridgehead atoms. The molecule has 3 heterocycles. The molecule has 4 aromatic rings. The number of ether oxygens (including phenoxy) is 2. The SMILES string of the molecule is COC1CCCN(Cc2nc3cc(Oc4ccc(-c5ccn[nH]5)cc4)ccc3[nH]2)C1. The largest absolute Gasteiger partial charge is 0.457 e. The smallest absolute Gasteiger partial charge is 0.129 e. The molecule has 1 saturated heterocycles. The molecule has 1 aliphatic heterocycles. The monoisotopic (exact) mass is 403 g/mol. The summed E-state index contributed by atoms with van der Waals surface area (Å²) in [5.41, 5.74) is 3.99. The zero-order valence-corrected chi connectivity index (χ0v) is 17.0. The van der Waals surface area contributed by atoms with Gasteiger partial charge in [0.15, 0.2) is 0 Å². The van der Waals surface area contributed by atoms with E-state index in [4.69, 9.17) is 14.5 Å². The first-order valence-electron chi connectivity index (χ1n) is 10.3. The lowest BCUT2D eigenvalue weighted by atomic mass is 10.1. The Kier molecular flexibility index (Phi) is 5.21. The number of piperidine rings is 1. The average molecular weight is 403 g/mol. The van der Waals surface area contributed by atoms with Crippen LogP contribution in [-0.2, 0) is 11.3 Å². The molecule has 2 aromatic carbocycles. The lowest BCUT2D eigenvalue weighted by molar-refractivity contribution is 0.0278. The average Bonchev–Trinajstić information content (AvgIpc) is 3.44. The Labute approximate surface area is 175 Å². The number of nitrogens with zero attached hydrogens (tertiary/aromatic N) is 3. The maximum absolute atomic E-state index is 6.04. The summed E-state index contributed by atoms with van der Waals surface area (Å²) < 4.78 is 11.6. The molecule has 1 fully saturated rings. The summed E-state index contributed by atoms with van der Waals surface area (Å²) in [4.78, 5) is 10.6. The fraction of sp³-hybridized carbons (Fsp3) is 0.304. The molecule has 0 saturated carbocycles. The molecular formula is C23H25N5O2. The van der Waals surface area contributed by atoms with E-state index in [1.54, 1.807) is 13.3 Å². The Morgan fingerprint density at radius 3 is 2.77 bits per heavy atom. The van der Waals surface area contributed by atoms with Gasteiger partial charge < -0.3 is 14.5 Å². The van der Waals surface area contributed by atoms with Crippen LogP contribution in [0.1, 0.15) is 18.7 Å². The van der Waals surface area contributed by atoms with E-state index in [9.17, 15) is 0 Å². The molecule has 1 atom stereocenters. The van der Waals surface area contributed by atoms with E-state index >= 15 is 0 Å². The number of fused-ring (bicyclic) bond motifs is 1. The molecule has 0 spiro atoms. The number of hydrogen-bond donors (Lipinski definition) is 2. The van der Waals surface area contributed by atoms with Crippen LogP contribution in [0.5, 0.6) is 11.5 Å². The van der Waals surface area contributed by atoms with Gasteiger partial charge in [-0.05, 0) is 67.4 Å². The number of H-pyrrole nitrogens is 2. The highest BCUT2D eigenvalue weighted by Gasteiger charge is 2.20. The van der Waals surface area contributed by atoms with Gasteiger partial charge in [-0.1, -0.05) is 0 Å². The maximum atomic E-state index is 6.04. The topological polar surface area (TPSA) is 79.1 Å². The summed E-state index contributed by atoms with van der Waals surface area (Å²) in [5, 5.41) is 6.96. The van der Waals surface area contributed by atoms with Crippen molar-refractivity contribution in [1.82, 2.24) is 25.1 Å². The minimum atomic E-state index is 0.322. The second-order valence-electron chi connectivity index (χ2n) is 7.69. The highest BCUT2D eigenvalue weighted by molar-refractivity contribution is 5.77. The summed E-state index contributed by atoms with van der Waals surface area (Å²) in [6.45, 7) is 2.84. The van der Waals surface area contributed by atoms with Crippen LogP contribution in [-0.4, -0.2) is 51.4 Å². The van der Waals surface area contributed by atoms with E-state index in [2.05, 4.69) is 20.1 Å². The number of hydrogen-bond acceptors (Lipinski definition) is 5. The standard InChI is InChI=1S/C23H25N5O2/c1-29-19-3-2-12-28(14-19)15-23-25-21-9-8-18(13-22(21)26-23)30-17-6-4-16(5-7-17)20-10-11-24-27-20/h4-11,13,19H,2-3,12,14-15H2,1H3,(H,24,27)(H,25,26). The van der Waals surface area contributed by atoms with E-state index in [1.807, 2.05) is 48.5 Å². The molecule has 5 rings (SSSR count). The highest BCUT2D eigenvalue weighted by Crippen LogP contribution is 2.27. The number of imidazole rings is 1. The quantitative estimate of drug-likeness (QED) is 0.500. The predicted octanol–water partition coefficient (Wildman–Crippen LogP) is 4.36. The van der Waals surface area contributed by atoms with Crippen LogP contribution in [0, 0.1) is 0 Å². The molecule has 2 N–H and O–H groups in total. The zero-order chi connectivity index (χ0) is 20.3. The van der Waals surface area contributed by atoms with Crippen LogP contribution in [0.15, 0.2) is 54.7 Å². The van der Waals surface area contributed by atoms with Crippen molar-refractivity contribution in [2.75, 3.05) is 20.2 Å². The lowest BCUT2D eigenvalue weighted by Crippen LogP contribution is -2.38. The fourth-order valence-corrected chi connectivity index (χ4v) is 3.99. The van der Waals surface area contributed by atoms with Gasteiger partial charge in [-0.2, -0.15) is 5.10 Å². The molecule has 7 heteroatoms. The number of benzene rings is 2. The molecule has 154 valence electrons. The number of methoxy groups -OCH3 is 1. The second-order valence-corrected chi connectivity index (χ2v) is 7.69. The van der Waals surface area contributed by atoms with Gasteiger partial charge in [0.1, 0.15) is 17.3 Å². The van der Waals surface area contributed by atoms with Crippen molar-refractivity contribution in [3.8, 4) is 22.8 Å². The van der Waals surface area contributed by atoms with Crippen LogP contribution in [0.25, 0.3) is 22.3 Å². The normalized spacial score (nSPS) is 17.4. The van der Waals surface area contributed by atoms with Crippen molar-refractivity contribution in [2.24, 2.45) is 0 Å². The molecule has 7 nitrogen and oxygen atoms in total. The third kappa shape index (κ3) is 4.08. The molecule has 30 heavy (non-hydrogen) atoms. The molecule has 0 radical (unpaired) electrons. The van der Waals surface area contributed by atoms with Crippen molar-refractivity contribution >= 4 is 11.0 Å². The Hall–Kier alpha value is -3.16. The van der Waals surface area contributed by atoms with Gasteiger partial charge in [0.25, 0.3) is 0 Å². The summed E-state index contributed by atoms with van der Waals surface area (Å²) >= 11 is 0. The first-order valence-corrected chi connectivity index (χ1v) is 10.3. The van der Waals surface area contributed by atoms with Crippen molar-refractivity contribution in [3.05, 3.63) is 60.6 Å². The van der Waals surface area contributed by atoms with Gasteiger partial charge >= 0.3 is 0 Å². The molecule has 2 aromatic heterocycles. The molecule has 0 amide bonds. The minimum absolute atomic E-state index is 0.322. The number of aromatic nitrogens is 4. The van der Waals surface area contributed by atoms with E-state index in [-0.39, 0.29) is 0 Å². The number of nitrogens with one attached hydrogen (secondary N) is 2. The Morgan fingerprint density at radius 2 is 1.97 bits per heavy atom. The van der Waals surface area contributed by atoms with Gasteiger partial charge in [0, 0.05) is 25.9 Å². The van der Waals surface area contributed by atoms with Gasteiger partial charge in [-0.3, -0.25) is 10.00 Å². The predicted molar refractivity (Wildman–Crippen MR) is 115 cm³/mol. The summed E-state index contributed by atoms with van der Waals surface area (Å²) in [7, 11) is 1.79. The van der Waals surface area contributed by atoms with Gasteiger partial charge in [0.2, 0.25) is 0 Å². The Bertz CT molecular complexity index is 1100. The van der Waals surface area contributed by atoms with Crippen molar-refractivity contribution in [2.45, 2.75) is 25.5 Å². The van der Waals surface area contributed by atoms with Gasteiger partial charge in [-0.15, -0.1) is 0 Å². The summed E-state index contributed by atoms with van der Waals surface area (Å²) in [5.74, 6) is 2.53. The highest BCUT2D eigenvalue weighted by atomic mass is 16.5. The molecule has 0 aliphatic carbocycles. The lowest BCUT2D eigenvalue weighted by Gasteiger charge is -2.31. The van der Waals surface area contributed by atoms with Gasteiger partial charge in [-0.25, -0.2) is 4.98 Å².